The summed E-state index contributed by atoms with van der Waals surface area (Å²) < 4.78 is 1.80. The smallest absolute Gasteiger partial charge is 0.138 e. The van der Waals surface area contributed by atoms with Crippen LogP contribution in [0.15, 0.2) is 30.2 Å². The average Bonchev–Trinajstić information content (AvgIpc) is 2.97. The van der Waals surface area contributed by atoms with Crippen molar-refractivity contribution in [1.82, 2.24) is 19.7 Å². The van der Waals surface area contributed by atoms with Gasteiger partial charge in [-0.15, -0.1) is 11.3 Å². The number of nitrogens with one attached hydrogen (secondary N) is 1. The molecule has 3 aromatic heterocycles. The fraction of sp³-hybridized carbons (Fsp3) is 0.250. The Labute approximate surface area is 109 Å². The topological polar surface area (TPSA) is 55.6 Å². The molecule has 1 N–H and O–H groups in total. The summed E-state index contributed by atoms with van der Waals surface area (Å²) in [5.74, 6) is 0.873. The highest BCUT2D eigenvalue weighted by molar-refractivity contribution is 7.16. The van der Waals surface area contributed by atoms with Crippen LogP contribution in [0.3, 0.4) is 0 Å². The predicted molar refractivity (Wildman–Crippen MR) is 72.7 cm³/mol. The number of aryl methyl sites for hydroxylation is 1. The van der Waals surface area contributed by atoms with E-state index in [2.05, 4.69) is 27.3 Å². The summed E-state index contributed by atoms with van der Waals surface area (Å²) in [6.45, 7) is 2.09. The van der Waals surface area contributed by atoms with E-state index in [-0.39, 0.29) is 6.04 Å². The second kappa shape index (κ2) is 4.38. The van der Waals surface area contributed by atoms with E-state index in [1.807, 2.05) is 30.9 Å². The molecular weight excluding hydrogens is 246 g/mol. The molecule has 1 atom stereocenters. The van der Waals surface area contributed by atoms with Gasteiger partial charge in [0.05, 0.1) is 17.6 Å². The average molecular weight is 259 g/mol. The van der Waals surface area contributed by atoms with Crippen molar-refractivity contribution in [3.05, 3.63) is 35.7 Å². The zero-order valence-corrected chi connectivity index (χ0v) is 11.0. The summed E-state index contributed by atoms with van der Waals surface area (Å²) >= 11 is 1.62. The van der Waals surface area contributed by atoms with Gasteiger partial charge >= 0.3 is 0 Å². The summed E-state index contributed by atoms with van der Waals surface area (Å²) in [6, 6.07) is 2.20. The maximum atomic E-state index is 4.31. The normalized spacial score (nSPS) is 12.8. The van der Waals surface area contributed by atoms with E-state index in [0.29, 0.717) is 0 Å². The molecule has 0 aliphatic rings. The zero-order chi connectivity index (χ0) is 12.5. The van der Waals surface area contributed by atoms with E-state index >= 15 is 0 Å². The first kappa shape index (κ1) is 11.2. The van der Waals surface area contributed by atoms with Gasteiger partial charge in [0.15, 0.2) is 0 Å². The summed E-state index contributed by atoms with van der Waals surface area (Å²) in [5.41, 5.74) is 1.14. The van der Waals surface area contributed by atoms with Gasteiger partial charge in [0.1, 0.15) is 17.0 Å². The zero-order valence-electron chi connectivity index (χ0n) is 10.2. The number of anilines is 1. The first-order valence-electron chi connectivity index (χ1n) is 5.67. The Balaban J connectivity index is 1.90. The van der Waals surface area contributed by atoms with E-state index in [0.717, 1.165) is 21.6 Å². The molecule has 0 aliphatic heterocycles. The van der Waals surface area contributed by atoms with Gasteiger partial charge < -0.3 is 5.32 Å². The van der Waals surface area contributed by atoms with E-state index in [4.69, 9.17) is 0 Å². The summed E-state index contributed by atoms with van der Waals surface area (Å²) in [7, 11) is 1.91. The number of nitrogens with zero attached hydrogens (tertiary/aromatic N) is 4. The SMILES string of the molecule is C[C@H](Nc1ncnc2sccc12)c1cnn(C)c1. The van der Waals surface area contributed by atoms with Gasteiger partial charge in [-0.25, -0.2) is 9.97 Å². The minimum absolute atomic E-state index is 0.164. The predicted octanol–water partition coefficient (Wildman–Crippen LogP) is 2.60. The molecule has 0 aliphatic carbocycles. The molecule has 3 heterocycles. The lowest BCUT2D eigenvalue weighted by molar-refractivity contribution is 0.765. The summed E-state index contributed by atoms with van der Waals surface area (Å²) in [6.07, 6.45) is 5.46. The van der Waals surface area contributed by atoms with Gasteiger partial charge in [-0.05, 0) is 18.4 Å². The van der Waals surface area contributed by atoms with Crippen LogP contribution < -0.4 is 5.32 Å². The van der Waals surface area contributed by atoms with Crippen molar-refractivity contribution in [3.63, 3.8) is 0 Å². The van der Waals surface area contributed by atoms with Crippen LogP contribution in [-0.2, 0) is 7.05 Å². The Morgan fingerprint density at radius 3 is 3.06 bits per heavy atom. The number of hydrogen-bond donors (Lipinski definition) is 1. The molecular formula is C12H13N5S. The Hall–Kier alpha value is -1.95. The standard InChI is InChI=1S/C12H13N5S/c1-8(9-5-15-17(2)6-9)16-11-10-3-4-18-12(10)14-7-13-11/h3-8H,1-2H3,(H,13,14,16)/t8-/m0/s1. The second-order valence-corrected chi connectivity index (χ2v) is 5.07. The highest BCUT2D eigenvalue weighted by atomic mass is 32.1. The molecule has 0 unspecified atom stereocenters. The first-order chi connectivity index (χ1) is 8.74. The lowest BCUT2D eigenvalue weighted by atomic mass is 10.2. The van der Waals surface area contributed by atoms with Crippen molar-refractivity contribution in [2.45, 2.75) is 13.0 Å². The van der Waals surface area contributed by atoms with Crippen LogP contribution in [0.5, 0.6) is 0 Å². The lowest BCUT2D eigenvalue weighted by Gasteiger charge is -2.13. The molecule has 0 saturated heterocycles. The van der Waals surface area contributed by atoms with E-state index in [9.17, 15) is 0 Å². The Bertz CT molecular complexity index is 672. The molecule has 3 aromatic rings. The third-order valence-corrected chi connectivity index (χ3v) is 3.66. The van der Waals surface area contributed by atoms with Crippen LogP contribution in [-0.4, -0.2) is 19.7 Å². The molecule has 0 amide bonds. The number of hydrogen-bond acceptors (Lipinski definition) is 5. The highest BCUT2D eigenvalue weighted by Crippen LogP contribution is 2.26. The van der Waals surface area contributed by atoms with Gasteiger partial charge in [0.2, 0.25) is 0 Å². The van der Waals surface area contributed by atoms with Crippen molar-refractivity contribution in [1.29, 1.82) is 0 Å². The van der Waals surface area contributed by atoms with Crippen LogP contribution in [0.2, 0.25) is 0 Å². The maximum absolute atomic E-state index is 4.31. The summed E-state index contributed by atoms with van der Waals surface area (Å²) in [4.78, 5) is 9.55. The van der Waals surface area contributed by atoms with E-state index < -0.39 is 0 Å². The minimum Gasteiger partial charge on any atom is -0.363 e. The molecule has 6 heteroatoms. The van der Waals surface area contributed by atoms with Crippen molar-refractivity contribution in [2.75, 3.05) is 5.32 Å². The highest BCUT2D eigenvalue weighted by Gasteiger charge is 2.11. The fourth-order valence-electron chi connectivity index (χ4n) is 1.86. The van der Waals surface area contributed by atoms with Crippen molar-refractivity contribution in [3.8, 4) is 0 Å². The first-order valence-corrected chi connectivity index (χ1v) is 6.55. The molecule has 0 radical (unpaired) electrons. The third-order valence-electron chi connectivity index (χ3n) is 2.84. The number of aromatic nitrogens is 4. The molecule has 0 aromatic carbocycles. The van der Waals surface area contributed by atoms with E-state index in [1.54, 1.807) is 22.3 Å². The number of thiophene rings is 1. The van der Waals surface area contributed by atoms with Gasteiger partial charge in [-0.2, -0.15) is 5.10 Å². The minimum atomic E-state index is 0.164. The molecule has 0 saturated carbocycles. The van der Waals surface area contributed by atoms with Crippen LogP contribution >= 0.6 is 11.3 Å². The molecule has 0 fully saturated rings. The van der Waals surface area contributed by atoms with E-state index in [1.165, 1.54) is 0 Å². The molecule has 5 nitrogen and oxygen atoms in total. The molecule has 3 rings (SSSR count). The molecule has 0 bridgehead atoms. The Morgan fingerprint density at radius 1 is 1.39 bits per heavy atom. The summed E-state index contributed by atoms with van der Waals surface area (Å²) in [5, 5.41) is 10.7. The maximum Gasteiger partial charge on any atom is 0.138 e. The van der Waals surface area contributed by atoms with Gasteiger partial charge in [-0.3, -0.25) is 4.68 Å². The van der Waals surface area contributed by atoms with Crippen LogP contribution in [0.4, 0.5) is 5.82 Å². The van der Waals surface area contributed by atoms with Crippen molar-refractivity contribution < 1.29 is 0 Å². The van der Waals surface area contributed by atoms with Gasteiger partial charge in [0, 0.05) is 18.8 Å². The fourth-order valence-corrected chi connectivity index (χ4v) is 2.59. The monoisotopic (exact) mass is 259 g/mol. The van der Waals surface area contributed by atoms with Crippen molar-refractivity contribution in [2.24, 2.45) is 7.05 Å². The molecule has 18 heavy (non-hydrogen) atoms. The molecule has 92 valence electrons. The third kappa shape index (κ3) is 1.95. The van der Waals surface area contributed by atoms with Crippen LogP contribution in [0.1, 0.15) is 18.5 Å². The van der Waals surface area contributed by atoms with Gasteiger partial charge in [-0.1, -0.05) is 0 Å². The van der Waals surface area contributed by atoms with Crippen LogP contribution in [0.25, 0.3) is 10.2 Å². The largest absolute Gasteiger partial charge is 0.363 e. The second-order valence-electron chi connectivity index (χ2n) is 4.18. The quantitative estimate of drug-likeness (QED) is 0.785. The van der Waals surface area contributed by atoms with Gasteiger partial charge in [0.25, 0.3) is 0 Å². The Kier molecular flexibility index (Phi) is 2.71. The molecule has 0 spiro atoms. The van der Waals surface area contributed by atoms with Crippen LogP contribution in [0, 0.1) is 0 Å². The number of fused-ring (bicyclic) bond motifs is 1. The lowest BCUT2D eigenvalue weighted by Crippen LogP contribution is -2.07. The Morgan fingerprint density at radius 2 is 2.28 bits per heavy atom. The van der Waals surface area contributed by atoms with Crippen molar-refractivity contribution >= 4 is 27.4 Å². The number of rotatable bonds is 3.